The van der Waals surface area contributed by atoms with Crippen LogP contribution in [0.3, 0.4) is 0 Å². The number of urea groups is 1. The second-order valence-corrected chi connectivity index (χ2v) is 8.04. The van der Waals surface area contributed by atoms with Crippen LogP contribution in [0.2, 0.25) is 5.02 Å². The summed E-state index contributed by atoms with van der Waals surface area (Å²) in [5.41, 5.74) is 1.41. The number of rotatable bonds is 5. The Morgan fingerprint density at radius 3 is 2.65 bits per heavy atom. The number of anilines is 1. The number of fused-ring (bicyclic) bond motifs is 1. The Bertz CT molecular complexity index is 997. The summed E-state index contributed by atoms with van der Waals surface area (Å²) in [7, 11) is 1.59. The Balaban J connectivity index is 1.37. The van der Waals surface area contributed by atoms with Crippen LogP contribution in [0.15, 0.2) is 48.5 Å². The van der Waals surface area contributed by atoms with Crippen LogP contribution in [-0.2, 0) is 16.0 Å². The fourth-order valence-electron chi connectivity index (χ4n) is 4.00. The molecule has 8 nitrogen and oxygen atoms in total. The lowest BCUT2D eigenvalue weighted by molar-refractivity contribution is -0.147. The molecule has 9 heteroatoms. The highest BCUT2D eigenvalue weighted by Crippen LogP contribution is 2.25. The van der Waals surface area contributed by atoms with E-state index in [1.807, 2.05) is 24.3 Å². The lowest BCUT2D eigenvalue weighted by Gasteiger charge is -2.34. The molecule has 0 saturated carbocycles. The number of nitrogens with one attached hydrogen (secondary N) is 3. The van der Waals surface area contributed by atoms with Crippen molar-refractivity contribution in [2.24, 2.45) is 0 Å². The molecule has 2 aliphatic heterocycles. The number of hydrogen-bond acceptors (Lipinski definition) is 4. The molecule has 2 saturated heterocycles. The third-order valence-electron chi connectivity index (χ3n) is 5.56. The number of ether oxygens (including phenoxy) is 1. The van der Waals surface area contributed by atoms with Gasteiger partial charge in [-0.1, -0.05) is 35.9 Å². The van der Waals surface area contributed by atoms with E-state index in [4.69, 9.17) is 16.3 Å². The van der Waals surface area contributed by atoms with E-state index in [9.17, 15) is 14.4 Å². The van der Waals surface area contributed by atoms with Gasteiger partial charge in [-0.2, -0.15) is 0 Å². The normalized spacial score (nSPS) is 22.5. The maximum atomic E-state index is 13.0. The smallest absolute Gasteiger partial charge is 0.319 e. The molecule has 3 atom stereocenters. The van der Waals surface area contributed by atoms with Crippen molar-refractivity contribution in [1.29, 1.82) is 0 Å². The van der Waals surface area contributed by atoms with Gasteiger partial charge in [-0.25, -0.2) is 4.79 Å². The third-order valence-corrected chi connectivity index (χ3v) is 5.89. The molecule has 0 spiro atoms. The van der Waals surface area contributed by atoms with Crippen molar-refractivity contribution >= 4 is 35.1 Å². The number of halogens is 1. The van der Waals surface area contributed by atoms with Crippen molar-refractivity contribution in [3.63, 3.8) is 0 Å². The van der Waals surface area contributed by atoms with Gasteiger partial charge in [-0.3, -0.25) is 9.59 Å². The molecule has 2 aromatic rings. The Morgan fingerprint density at radius 1 is 1.19 bits per heavy atom. The number of benzene rings is 2. The van der Waals surface area contributed by atoms with E-state index in [0.717, 1.165) is 11.3 Å². The molecule has 2 heterocycles. The summed E-state index contributed by atoms with van der Waals surface area (Å²) in [5.74, 6) is 0.386. The van der Waals surface area contributed by atoms with Gasteiger partial charge < -0.3 is 25.6 Å². The van der Waals surface area contributed by atoms with E-state index in [-0.39, 0.29) is 24.4 Å². The second kappa shape index (κ2) is 8.85. The summed E-state index contributed by atoms with van der Waals surface area (Å²) in [6.07, 6.45) is 0.756. The maximum Gasteiger partial charge on any atom is 0.319 e. The van der Waals surface area contributed by atoms with E-state index >= 15 is 0 Å². The molecule has 0 bridgehead atoms. The Hall–Kier alpha value is -3.26. The van der Waals surface area contributed by atoms with Crippen molar-refractivity contribution in [3.8, 4) is 5.75 Å². The van der Waals surface area contributed by atoms with Gasteiger partial charge in [0.05, 0.1) is 23.9 Å². The first kappa shape index (κ1) is 21.0. The van der Waals surface area contributed by atoms with Crippen LogP contribution in [0.1, 0.15) is 12.0 Å². The van der Waals surface area contributed by atoms with Crippen LogP contribution in [0, 0.1) is 0 Å². The molecule has 31 heavy (non-hydrogen) atoms. The number of nitrogens with zero attached hydrogens (tertiary/aromatic N) is 1. The molecule has 162 valence electrons. The SMILES string of the molecule is COc1ccc(C[C@@H]2NC(=O)[C@@H]3C[C@H](NC(=O)Nc4ccccc4Cl)CN3C2=O)cc1. The average molecular weight is 443 g/mol. The number of carbonyl (C=O) groups excluding carboxylic acids is 3. The van der Waals surface area contributed by atoms with Crippen molar-refractivity contribution in [3.05, 3.63) is 59.1 Å². The van der Waals surface area contributed by atoms with Crippen molar-refractivity contribution in [2.45, 2.75) is 31.0 Å². The third kappa shape index (κ3) is 4.59. The molecule has 0 aliphatic carbocycles. The molecule has 4 amide bonds. The van der Waals surface area contributed by atoms with E-state index in [2.05, 4.69) is 16.0 Å². The van der Waals surface area contributed by atoms with Gasteiger partial charge in [0.25, 0.3) is 0 Å². The average Bonchev–Trinajstić information content (AvgIpc) is 3.18. The first-order chi connectivity index (χ1) is 14.9. The number of amides is 4. The highest BCUT2D eigenvalue weighted by Gasteiger charge is 2.46. The summed E-state index contributed by atoms with van der Waals surface area (Å²) >= 11 is 6.07. The van der Waals surface area contributed by atoms with Crippen LogP contribution >= 0.6 is 11.6 Å². The zero-order chi connectivity index (χ0) is 22.0. The first-order valence-electron chi connectivity index (χ1n) is 10.0. The van der Waals surface area contributed by atoms with E-state index in [1.165, 1.54) is 0 Å². The van der Waals surface area contributed by atoms with Crippen LogP contribution in [0.4, 0.5) is 10.5 Å². The number of methoxy groups -OCH3 is 1. The first-order valence-corrected chi connectivity index (χ1v) is 10.4. The summed E-state index contributed by atoms with van der Waals surface area (Å²) < 4.78 is 5.15. The monoisotopic (exact) mass is 442 g/mol. The molecular formula is C22H23ClN4O4. The number of para-hydroxylation sites is 1. The highest BCUT2D eigenvalue weighted by atomic mass is 35.5. The lowest BCUT2D eigenvalue weighted by Crippen LogP contribution is -2.61. The van der Waals surface area contributed by atoms with Crippen LogP contribution in [-0.4, -0.2) is 54.5 Å². The molecule has 4 rings (SSSR count). The summed E-state index contributed by atoms with van der Waals surface area (Å²) in [5, 5.41) is 8.78. The predicted molar refractivity (Wildman–Crippen MR) is 116 cm³/mol. The molecule has 3 N–H and O–H groups in total. The maximum absolute atomic E-state index is 13.0. The zero-order valence-electron chi connectivity index (χ0n) is 16.9. The van der Waals surface area contributed by atoms with Gasteiger partial charge in [-0.05, 0) is 36.2 Å². The van der Waals surface area contributed by atoms with Crippen LogP contribution < -0.4 is 20.7 Å². The van der Waals surface area contributed by atoms with Gasteiger partial charge in [0.15, 0.2) is 0 Å². The van der Waals surface area contributed by atoms with Crippen molar-refractivity contribution in [1.82, 2.24) is 15.5 Å². The van der Waals surface area contributed by atoms with Gasteiger partial charge in [0, 0.05) is 13.0 Å². The fraction of sp³-hybridized carbons (Fsp3) is 0.318. The quantitative estimate of drug-likeness (QED) is 0.660. The summed E-state index contributed by atoms with van der Waals surface area (Å²) in [6, 6.07) is 12.3. The van der Waals surface area contributed by atoms with E-state index in [0.29, 0.717) is 23.6 Å². The Morgan fingerprint density at radius 2 is 1.94 bits per heavy atom. The van der Waals surface area contributed by atoms with Crippen LogP contribution in [0.5, 0.6) is 5.75 Å². The Labute approximate surface area is 184 Å². The molecule has 0 aromatic heterocycles. The predicted octanol–water partition coefficient (Wildman–Crippen LogP) is 2.18. The topological polar surface area (TPSA) is 99.8 Å². The van der Waals surface area contributed by atoms with Gasteiger partial charge in [0.2, 0.25) is 11.8 Å². The van der Waals surface area contributed by atoms with Gasteiger partial charge in [0.1, 0.15) is 17.8 Å². The molecular weight excluding hydrogens is 420 g/mol. The van der Waals surface area contributed by atoms with Crippen molar-refractivity contribution < 1.29 is 19.1 Å². The second-order valence-electron chi connectivity index (χ2n) is 7.63. The van der Waals surface area contributed by atoms with Gasteiger partial charge in [-0.15, -0.1) is 0 Å². The summed E-state index contributed by atoms with van der Waals surface area (Å²) in [6.45, 7) is 0.284. The minimum atomic E-state index is -0.632. The molecule has 2 aromatic carbocycles. The lowest BCUT2D eigenvalue weighted by atomic mass is 10.0. The van der Waals surface area contributed by atoms with Crippen molar-refractivity contribution in [2.75, 3.05) is 19.0 Å². The van der Waals surface area contributed by atoms with E-state index < -0.39 is 18.1 Å². The molecule has 2 fully saturated rings. The minimum absolute atomic E-state index is 0.142. The standard InChI is InChI=1S/C22H23ClN4O4/c1-31-15-8-6-13(7-9-15)10-18-21(29)27-12-14(11-19(27)20(28)25-18)24-22(30)26-17-5-3-2-4-16(17)23/h2-9,14,18-19H,10-12H2,1H3,(H,25,28)(H2,24,26,30)/t14-,18-,19-/m0/s1. The highest BCUT2D eigenvalue weighted by molar-refractivity contribution is 6.33. The number of carbonyl (C=O) groups is 3. The minimum Gasteiger partial charge on any atom is -0.497 e. The van der Waals surface area contributed by atoms with E-state index in [1.54, 1.807) is 36.3 Å². The largest absolute Gasteiger partial charge is 0.497 e. The molecule has 2 aliphatic rings. The number of hydrogen-bond donors (Lipinski definition) is 3. The molecule has 0 radical (unpaired) electrons. The van der Waals surface area contributed by atoms with Crippen LogP contribution in [0.25, 0.3) is 0 Å². The fourth-order valence-corrected chi connectivity index (χ4v) is 4.19. The zero-order valence-corrected chi connectivity index (χ0v) is 17.7. The van der Waals surface area contributed by atoms with Gasteiger partial charge >= 0.3 is 6.03 Å². The Kier molecular flexibility index (Phi) is 5.99. The summed E-state index contributed by atoms with van der Waals surface area (Å²) in [4.78, 5) is 39.5. The number of piperazine rings is 1. The molecule has 0 unspecified atom stereocenters.